The molecule has 1 aliphatic heterocycles. The van der Waals surface area contributed by atoms with Gasteiger partial charge in [-0.05, 0) is 39.0 Å². The average Bonchev–Trinajstić information content (AvgIpc) is 2.81. The van der Waals surface area contributed by atoms with Crippen LogP contribution in [0.2, 0.25) is 0 Å². The fourth-order valence-corrected chi connectivity index (χ4v) is 2.68. The summed E-state index contributed by atoms with van der Waals surface area (Å²) in [5.74, 6) is -0.206. The van der Waals surface area contributed by atoms with Crippen LogP contribution in [0.25, 0.3) is 0 Å². The number of amides is 1. The zero-order valence-corrected chi connectivity index (χ0v) is 10.9. The summed E-state index contributed by atoms with van der Waals surface area (Å²) >= 11 is 0.917. The van der Waals surface area contributed by atoms with Crippen LogP contribution in [0.15, 0.2) is 12.1 Å². The molecule has 1 N–H and O–H groups in total. The lowest BCUT2D eigenvalue weighted by molar-refractivity contribution is -0.380. The van der Waals surface area contributed by atoms with Gasteiger partial charge >= 0.3 is 5.00 Å². The van der Waals surface area contributed by atoms with Crippen LogP contribution >= 0.6 is 11.3 Å². The van der Waals surface area contributed by atoms with E-state index in [1.807, 2.05) is 0 Å². The maximum Gasteiger partial charge on any atom is 0.324 e. The predicted octanol–water partition coefficient (Wildman–Crippen LogP) is 1.48. The minimum absolute atomic E-state index is 0.00327. The van der Waals surface area contributed by atoms with Crippen molar-refractivity contribution in [3.05, 3.63) is 27.1 Å². The molecular formula is C11H15N3O3S. The van der Waals surface area contributed by atoms with Gasteiger partial charge in [-0.25, -0.2) is 0 Å². The normalized spacial score (nSPS) is 17.6. The topological polar surface area (TPSA) is 75.5 Å². The van der Waals surface area contributed by atoms with Crippen LogP contribution in [0.4, 0.5) is 5.00 Å². The molecule has 1 aromatic rings. The van der Waals surface area contributed by atoms with Crippen molar-refractivity contribution in [3.8, 4) is 0 Å². The SMILES string of the molecule is CN1CCC(NC(=O)c2ccc([N+](=O)[O-])s2)CC1. The van der Waals surface area contributed by atoms with E-state index in [1.54, 1.807) is 0 Å². The number of carbonyl (C=O) groups is 1. The Morgan fingerprint density at radius 3 is 2.72 bits per heavy atom. The van der Waals surface area contributed by atoms with E-state index in [-0.39, 0.29) is 17.0 Å². The summed E-state index contributed by atoms with van der Waals surface area (Å²) in [5, 5.41) is 13.5. The summed E-state index contributed by atoms with van der Waals surface area (Å²) in [6.07, 6.45) is 1.85. The summed E-state index contributed by atoms with van der Waals surface area (Å²) < 4.78 is 0. The molecule has 1 amide bonds. The zero-order chi connectivity index (χ0) is 13.1. The van der Waals surface area contributed by atoms with Crippen molar-refractivity contribution < 1.29 is 9.72 Å². The van der Waals surface area contributed by atoms with Crippen LogP contribution in [0.5, 0.6) is 0 Å². The highest BCUT2D eigenvalue weighted by atomic mass is 32.1. The van der Waals surface area contributed by atoms with E-state index in [4.69, 9.17) is 0 Å². The molecule has 0 radical (unpaired) electrons. The second-order valence-corrected chi connectivity index (χ2v) is 5.51. The quantitative estimate of drug-likeness (QED) is 0.666. The second kappa shape index (κ2) is 5.45. The molecule has 0 bridgehead atoms. The Hall–Kier alpha value is -1.47. The Labute approximate surface area is 109 Å². The van der Waals surface area contributed by atoms with Crippen LogP contribution < -0.4 is 5.32 Å². The molecule has 0 spiro atoms. The monoisotopic (exact) mass is 269 g/mol. The first-order chi connectivity index (χ1) is 8.56. The molecule has 0 atom stereocenters. The van der Waals surface area contributed by atoms with E-state index in [0.717, 1.165) is 37.3 Å². The van der Waals surface area contributed by atoms with Gasteiger partial charge in [0, 0.05) is 12.1 Å². The predicted molar refractivity (Wildman–Crippen MR) is 69.0 cm³/mol. The van der Waals surface area contributed by atoms with Crippen molar-refractivity contribution in [1.29, 1.82) is 0 Å². The lowest BCUT2D eigenvalue weighted by Gasteiger charge is -2.29. The van der Waals surface area contributed by atoms with E-state index in [1.165, 1.54) is 12.1 Å². The van der Waals surface area contributed by atoms with Gasteiger partial charge in [0.1, 0.15) is 0 Å². The third-order valence-electron chi connectivity index (χ3n) is 3.05. The number of thiophene rings is 1. The van der Waals surface area contributed by atoms with Gasteiger partial charge in [-0.3, -0.25) is 14.9 Å². The fraction of sp³-hybridized carbons (Fsp3) is 0.545. The molecule has 2 rings (SSSR count). The van der Waals surface area contributed by atoms with Gasteiger partial charge in [-0.1, -0.05) is 11.3 Å². The Kier molecular flexibility index (Phi) is 3.93. The van der Waals surface area contributed by atoms with Crippen LogP contribution in [0, 0.1) is 10.1 Å². The first kappa shape index (κ1) is 13.0. The van der Waals surface area contributed by atoms with Gasteiger partial charge in [0.2, 0.25) is 0 Å². The third-order valence-corrected chi connectivity index (χ3v) is 4.09. The van der Waals surface area contributed by atoms with Gasteiger partial charge in [-0.2, -0.15) is 0 Å². The number of hydrogen-bond donors (Lipinski definition) is 1. The van der Waals surface area contributed by atoms with Crippen LogP contribution in [-0.4, -0.2) is 41.9 Å². The molecule has 7 heteroatoms. The third kappa shape index (κ3) is 3.05. The number of carbonyl (C=O) groups excluding carboxylic acids is 1. The molecular weight excluding hydrogens is 254 g/mol. The van der Waals surface area contributed by atoms with Gasteiger partial charge in [0.15, 0.2) is 0 Å². The maximum absolute atomic E-state index is 11.9. The number of nitrogens with zero attached hydrogens (tertiary/aromatic N) is 2. The minimum Gasteiger partial charge on any atom is -0.349 e. The second-order valence-electron chi connectivity index (χ2n) is 4.45. The summed E-state index contributed by atoms with van der Waals surface area (Å²) in [6, 6.07) is 3.05. The van der Waals surface area contributed by atoms with E-state index >= 15 is 0 Å². The Morgan fingerprint density at radius 2 is 2.17 bits per heavy atom. The van der Waals surface area contributed by atoms with Crippen LogP contribution in [0.1, 0.15) is 22.5 Å². The standard InChI is InChI=1S/C11H15N3O3S/c1-13-6-4-8(5-7-13)12-11(15)9-2-3-10(18-9)14(16)17/h2-3,8H,4-7H2,1H3,(H,12,15). The molecule has 0 aliphatic carbocycles. The Morgan fingerprint density at radius 1 is 1.50 bits per heavy atom. The number of piperidine rings is 1. The highest BCUT2D eigenvalue weighted by molar-refractivity contribution is 7.17. The Bertz CT molecular complexity index is 452. The average molecular weight is 269 g/mol. The van der Waals surface area contributed by atoms with Crippen LogP contribution in [0.3, 0.4) is 0 Å². The number of nitro groups is 1. The highest BCUT2D eigenvalue weighted by Gasteiger charge is 2.21. The molecule has 1 saturated heterocycles. The molecule has 0 saturated carbocycles. The van der Waals surface area contributed by atoms with Crippen LogP contribution in [-0.2, 0) is 0 Å². The molecule has 18 heavy (non-hydrogen) atoms. The largest absolute Gasteiger partial charge is 0.349 e. The molecule has 6 nitrogen and oxygen atoms in total. The van der Waals surface area contributed by atoms with Crippen molar-refractivity contribution in [2.45, 2.75) is 18.9 Å². The van der Waals surface area contributed by atoms with E-state index in [9.17, 15) is 14.9 Å². The van der Waals surface area contributed by atoms with Gasteiger partial charge in [0.05, 0.1) is 9.80 Å². The summed E-state index contributed by atoms with van der Waals surface area (Å²) in [6.45, 7) is 1.94. The lowest BCUT2D eigenvalue weighted by atomic mass is 10.1. The molecule has 98 valence electrons. The molecule has 1 fully saturated rings. The first-order valence-corrected chi connectivity index (χ1v) is 6.61. The van der Waals surface area contributed by atoms with Gasteiger partial charge in [0.25, 0.3) is 5.91 Å². The zero-order valence-electron chi connectivity index (χ0n) is 10.1. The minimum atomic E-state index is -0.475. The highest BCUT2D eigenvalue weighted by Crippen LogP contribution is 2.24. The number of rotatable bonds is 3. The molecule has 0 unspecified atom stereocenters. The fourth-order valence-electron chi connectivity index (χ4n) is 1.96. The number of hydrogen-bond acceptors (Lipinski definition) is 5. The summed E-state index contributed by atoms with van der Waals surface area (Å²) in [7, 11) is 2.06. The number of likely N-dealkylation sites (tertiary alicyclic amines) is 1. The molecule has 0 aromatic carbocycles. The Balaban J connectivity index is 1.93. The van der Waals surface area contributed by atoms with E-state index in [0.29, 0.717) is 4.88 Å². The van der Waals surface area contributed by atoms with Crippen molar-refractivity contribution >= 4 is 22.2 Å². The molecule has 2 heterocycles. The van der Waals surface area contributed by atoms with Crippen molar-refractivity contribution in [3.63, 3.8) is 0 Å². The number of nitrogens with one attached hydrogen (secondary N) is 1. The maximum atomic E-state index is 11.9. The van der Waals surface area contributed by atoms with E-state index in [2.05, 4.69) is 17.3 Å². The van der Waals surface area contributed by atoms with Gasteiger partial charge in [-0.15, -0.1) is 0 Å². The van der Waals surface area contributed by atoms with Crippen molar-refractivity contribution in [2.24, 2.45) is 0 Å². The summed E-state index contributed by atoms with van der Waals surface area (Å²) in [4.78, 5) is 24.6. The lowest BCUT2D eigenvalue weighted by Crippen LogP contribution is -2.43. The smallest absolute Gasteiger partial charge is 0.324 e. The van der Waals surface area contributed by atoms with Crippen molar-refractivity contribution in [1.82, 2.24) is 10.2 Å². The van der Waals surface area contributed by atoms with Gasteiger partial charge < -0.3 is 10.2 Å². The first-order valence-electron chi connectivity index (χ1n) is 5.80. The molecule has 1 aliphatic rings. The molecule has 1 aromatic heterocycles. The van der Waals surface area contributed by atoms with E-state index < -0.39 is 4.92 Å². The summed E-state index contributed by atoms with van der Waals surface area (Å²) in [5.41, 5.74) is 0. The van der Waals surface area contributed by atoms with Crippen molar-refractivity contribution in [2.75, 3.05) is 20.1 Å².